The van der Waals surface area contributed by atoms with Gasteiger partial charge in [-0.05, 0) is 74.1 Å². The monoisotopic (exact) mass is 313 g/mol. The minimum absolute atomic E-state index is 0.395. The molecule has 2 nitrogen and oxygen atoms in total. The Morgan fingerprint density at radius 2 is 2.09 bits per heavy atom. The van der Waals surface area contributed by atoms with Gasteiger partial charge in [-0.15, -0.1) is 0 Å². The molecule has 0 aromatic heterocycles. The third-order valence-electron chi connectivity index (χ3n) is 6.71. The van der Waals surface area contributed by atoms with Gasteiger partial charge in [0, 0.05) is 18.5 Å². The summed E-state index contributed by atoms with van der Waals surface area (Å²) in [4.78, 5) is 2.77. The Balaban J connectivity index is 1.61. The molecule has 4 rings (SSSR count). The van der Waals surface area contributed by atoms with Crippen LogP contribution in [-0.2, 0) is 5.41 Å². The number of methoxy groups -OCH3 is 1. The Kier molecular flexibility index (Phi) is 4.13. The molecule has 3 aliphatic rings. The minimum atomic E-state index is 0.395. The van der Waals surface area contributed by atoms with E-state index in [1.807, 2.05) is 0 Å². The van der Waals surface area contributed by atoms with Gasteiger partial charge in [0.15, 0.2) is 0 Å². The summed E-state index contributed by atoms with van der Waals surface area (Å²) in [6.45, 7) is 6.42. The lowest BCUT2D eigenvalue weighted by atomic mass is 9.57. The fourth-order valence-corrected chi connectivity index (χ4v) is 5.25. The molecule has 2 saturated carbocycles. The second-order valence-corrected chi connectivity index (χ2v) is 8.42. The average Bonchev–Trinajstić information content (AvgIpc) is 3.39. The van der Waals surface area contributed by atoms with E-state index in [1.165, 1.54) is 58.2 Å². The Labute approximate surface area is 141 Å². The van der Waals surface area contributed by atoms with E-state index in [0.717, 1.165) is 23.5 Å². The number of likely N-dealkylation sites (tertiary alicyclic amines) is 1. The molecule has 3 fully saturated rings. The van der Waals surface area contributed by atoms with E-state index in [-0.39, 0.29) is 0 Å². The van der Waals surface area contributed by atoms with Gasteiger partial charge in [-0.3, -0.25) is 0 Å². The van der Waals surface area contributed by atoms with Crippen LogP contribution in [0.2, 0.25) is 0 Å². The Morgan fingerprint density at radius 3 is 2.87 bits per heavy atom. The number of rotatable bonds is 4. The van der Waals surface area contributed by atoms with Crippen molar-refractivity contribution in [3.8, 4) is 5.75 Å². The molecule has 0 bridgehead atoms. The van der Waals surface area contributed by atoms with E-state index < -0.39 is 0 Å². The van der Waals surface area contributed by atoms with Gasteiger partial charge in [-0.25, -0.2) is 0 Å². The van der Waals surface area contributed by atoms with Crippen LogP contribution in [0, 0.1) is 17.8 Å². The Bertz CT molecular complexity index is 553. The summed E-state index contributed by atoms with van der Waals surface area (Å²) in [5, 5.41) is 0. The first kappa shape index (κ1) is 15.5. The predicted octanol–water partition coefficient (Wildman–Crippen LogP) is 4.48. The molecule has 0 amide bonds. The van der Waals surface area contributed by atoms with Crippen LogP contribution in [-0.4, -0.2) is 31.6 Å². The lowest BCUT2D eigenvalue weighted by Gasteiger charge is -2.53. The van der Waals surface area contributed by atoms with Crippen molar-refractivity contribution < 1.29 is 4.74 Å². The second kappa shape index (κ2) is 6.12. The number of fused-ring (bicyclic) bond motifs is 1. The van der Waals surface area contributed by atoms with Crippen LogP contribution in [0.3, 0.4) is 0 Å². The van der Waals surface area contributed by atoms with Gasteiger partial charge in [-0.1, -0.05) is 25.5 Å². The number of piperidine rings is 1. The van der Waals surface area contributed by atoms with Gasteiger partial charge in [0.1, 0.15) is 5.75 Å². The van der Waals surface area contributed by atoms with Crippen molar-refractivity contribution >= 4 is 0 Å². The first-order valence-electron chi connectivity index (χ1n) is 9.56. The molecule has 23 heavy (non-hydrogen) atoms. The normalized spacial score (nSPS) is 34.9. The maximum Gasteiger partial charge on any atom is 0.119 e. The minimum Gasteiger partial charge on any atom is -0.497 e. The first-order chi connectivity index (χ1) is 11.2. The van der Waals surface area contributed by atoms with E-state index >= 15 is 0 Å². The topological polar surface area (TPSA) is 12.5 Å². The van der Waals surface area contributed by atoms with Crippen molar-refractivity contribution in [1.29, 1.82) is 0 Å². The number of hydrogen-bond donors (Lipinski definition) is 0. The maximum atomic E-state index is 5.52. The molecule has 1 aromatic carbocycles. The fraction of sp³-hybridized carbons (Fsp3) is 0.714. The van der Waals surface area contributed by atoms with Crippen molar-refractivity contribution in [1.82, 2.24) is 4.90 Å². The summed E-state index contributed by atoms with van der Waals surface area (Å²) in [6.07, 6.45) is 8.45. The van der Waals surface area contributed by atoms with Crippen LogP contribution in [0.25, 0.3) is 0 Å². The Morgan fingerprint density at radius 1 is 1.22 bits per heavy atom. The molecular weight excluding hydrogens is 282 g/mol. The van der Waals surface area contributed by atoms with E-state index in [4.69, 9.17) is 4.74 Å². The fourth-order valence-electron chi connectivity index (χ4n) is 5.25. The molecule has 0 radical (unpaired) electrons. The molecule has 126 valence electrons. The third kappa shape index (κ3) is 3.03. The third-order valence-corrected chi connectivity index (χ3v) is 6.71. The number of benzene rings is 1. The zero-order valence-corrected chi connectivity index (χ0v) is 14.8. The average molecular weight is 313 g/mol. The highest BCUT2D eigenvalue weighted by Gasteiger charge is 2.47. The van der Waals surface area contributed by atoms with Crippen LogP contribution in [0.15, 0.2) is 24.3 Å². The first-order valence-corrected chi connectivity index (χ1v) is 9.56. The molecule has 0 N–H and O–H groups in total. The van der Waals surface area contributed by atoms with Gasteiger partial charge in [0.2, 0.25) is 0 Å². The molecule has 0 spiro atoms. The largest absolute Gasteiger partial charge is 0.497 e. The maximum absolute atomic E-state index is 5.52. The van der Waals surface area contributed by atoms with Crippen molar-refractivity contribution in [2.24, 2.45) is 17.8 Å². The lowest BCUT2D eigenvalue weighted by molar-refractivity contribution is 0.0364. The molecular formula is C21H31NO. The van der Waals surface area contributed by atoms with Crippen LogP contribution in [0.4, 0.5) is 0 Å². The Hall–Kier alpha value is -1.02. The molecule has 2 aliphatic carbocycles. The SMILES string of the molecule is COc1cccc(C23CCN(CC4CC4)CC2CCC(C)C3)c1. The van der Waals surface area contributed by atoms with Crippen molar-refractivity contribution in [3.63, 3.8) is 0 Å². The molecule has 1 aliphatic heterocycles. The molecule has 2 heteroatoms. The summed E-state index contributed by atoms with van der Waals surface area (Å²) in [7, 11) is 1.79. The number of ether oxygens (including phenoxy) is 1. The number of hydrogen-bond acceptors (Lipinski definition) is 2. The van der Waals surface area contributed by atoms with Crippen LogP contribution < -0.4 is 4.74 Å². The second-order valence-electron chi connectivity index (χ2n) is 8.42. The van der Waals surface area contributed by atoms with Crippen molar-refractivity contribution in [2.45, 2.75) is 50.9 Å². The standard InChI is InChI=1S/C21H31NO/c1-16-6-9-19-15-22(14-17-7-8-17)11-10-21(19,13-16)18-4-3-5-20(12-18)23-2/h3-5,12,16-17,19H,6-11,13-15H2,1-2H3. The molecule has 1 heterocycles. The summed E-state index contributed by atoms with van der Waals surface area (Å²) in [5.41, 5.74) is 1.94. The van der Waals surface area contributed by atoms with E-state index in [2.05, 4.69) is 36.1 Å². The van der Waals surface area contributed by atoms with Crippen LogP contribution >= 0.6 is 0 Å². The highest BCUT2D eigenvalue weighted by molar-refractivity contribution is 5.36. The molecule has 3 atom stereocenters. The van der Waals surface area contributed by atoms with Gasteiger partial charge in [-0.2, -0.15) is 0 Å². The van der Waals surface area contributed by atoms with E-state index in [9.17, 15) is 0 Å². The molecule has 1 aromatic rings. The van der Waals surface area contributed by atoms with Gasteiger partial charge >= 0.3 is 0 Å². The van der Waals surface area contributed by atoms with Crippen LogP contribution in [0.1, 0.15) is 51.0 Å². The molecule has 1 saturated heterocycles. The summed E-state index contributed by atoms with van der Waals surface area (Å²) in [5.74, 6) is 3.72. The van der Waals surface area contributed by atoms with E-state index in [1.54, 1.807) is 12.7 Å². The van der Waals surface area contributed by atoms with E-state index in [0.29, 0.717) is 5.41 Å². The molecule has 3 unspecified atom stereocenters. The van der Waals surface area contributed by atoms with Gasteiger partial charge in [0.05, 0.1) is 7.11 Å². The zero-order valence-electron chi connectivity index (χ0n) is 14.8. The van der Waals surface area contributed by atoms with Gasteiger partial charge < -0.3 is 9.64 Å². The summed E-state index contributed by atoms with van der Waals surface area (Å²) >= 11 is 0. The summed E-state index contributed by atoms with van der Waals surface area (Å²) < 4.78 is 5.52. The highest BCUT2D eigenvalue weighted by atomic mass is 16.5. The van der Waals surface area contributed by atoms with Crippen molar-refractivity contribution in [3.05, 3.63) is 29.8 Å². The lowest BCUT2D eigenvalue weighted by Crippen LogP contribution is -2.53. The highest BCUT2D eigenvalue weighted by Crippen LogP contribution is 2.51. The van der Waals surface area contributed by atoms with Crippen LogP contribution in [0.5, 0.6) is 5.75 Å². The predicted molar refractivity (Wildman–Crippen MR) is 95.0 cm³/mol. The van der Waals surface area contributed by atoms with Gasteiger partial charge in [0.25, 0.3) is 0 Å². The quantitative estimate of drug-likeness (QED) is 0.812. The summed E-state index contributed by atoms with van der Waals surface area (Å²) in [6, 6.07) is 8.96. The number of nitrogens with zero attached hydrogens (tertiary/aromatic N) is 1. The van der Waals surface area contributed by atoms with Crippen molar-refractivity contribution in [2.75, 3.05) is 26.7 Å². The zero-order chi connectivity index (χ0) is 15.9. The smallest absolute Gasteiger partial charge is 0.119 e.